The SMILES string of the molecule is CC(C)c1ccc(S(=O)(=O)N(CC2CO2)C(C)c2ccccc2)cc1. The van der Waals surface area contributed by atoms with Crippen LogP contribution in [0.4, 0.5) is 0 Å². The highest BCUT2D eigenvalue weighted by Crippen LogP contribution is 2.30. The second-order valence-electron chi connectivity index (χ2n) is 6.84. The van der Waals surface area contributed by atoms with Gasteiger partial charge in [-0.25, -0.2) is 8.42 Å². The van der Waals surface area contributed by atoms with Gasteiger partial charge in [0.15, 0.2) is 0 Å². The smallest absolute Gasteiger partial charge is 0.243 e. The van der Waals surface area contributed by atoms with Gasteiger partial charge in [0.1, 0.15) is 0 Å². The molecule has 134 valence electrons. The molecule has 1 fully saturated rings. The molecule has 1 aliphatic rings. The number of ether oxygens (including phenoxy) is 1. The number of sulfonamides is 1. The maximum absolute atomic E-state index is 13.3. The van der Waals surface area contributed by atoms with Gasteiger partial charge in [0.05, 0.1) is 17.6 Å². The van der Waals surface area contributed by atoms with Crippen molar-refractivity contribution < 1.29 is 13.2 Å². The Morgan fingerprint density at radius 3 is 2.12 bits per heavy atom. The summed E-state index contributed by atoms with van der Waals surface area (Å²) >= 11 is 0. The Labute approximate surface area is 150 Å². The van der Waals surface area contributed by atoms with Gasteiger partial charge < -0.3 is 4.74 Å². The highest BCUT2D eigenvalue weighted by Gasteiger charge is 2.36. The first kappa shape index (κ1) is 18.1. The van der Waals surface area contributed by atoms with Gasteiger partial charge in [-0.1, -0.05) is 56.3 Å². The number of epoxide rings is 1. The van der Waals surface area contributed by atoms with Crippen LogP contribution in [0.2, 0.25) is 0 Å². The van der Waals surface area contributed by atoms with Gasteiger partial charge >= 0.3 is 0 Å². The van der Waals surface area contributed by atoms with E-state index in [1.165, 1.54) is 0 Å². The summed E-state index contributed by atoms with van der Waals surface area (Å²) in [6, 6.07) is 16.7. The average molecular weight is 359 g/mol. The normalized spacial score (nSPS) is 18.5. The lowest BCUT2D eigenvalue weighted by atomic mass is 10.0. The minimum atomic E-state index is -3.59. The first-order valence-electron chi connectivity index (χ1n) is 8.68. The van der Waals surface area contributed by atoms with Crippen LogP contribution in [0.15, 0.2) is 59.5 Å². The molecule has 0 aliphatic carbocycles. The van der Waals surface area contributed by atoms with E-state index < -0.39 is 10.0 Å². The van der Waals surface area contributed by atoms with Crippen LogP contribution in [-0.4, -0.2) is 32.0 Å². The third-order valence-corrected chi connectivity index (χ3v) is 6.60. The van der Waals surface area contributed by atoms with Crippen molar-refractivity contribution in [1.82, 2.24) is 4.31 Å². The van der Waals surface area contributed by atoms with Crippen LogP contribution in [0, 0.1) is 0 Å². The van der Waals surface area contributed by atoms with E-state index in [4.69, 9.17) is 4.74 Å². The Hall–Kier alpha value is -1.69. The lowest BCUT2D eigenvalue weighted by molar-refractivity contribution is 0.295. The summed E-state index contributed by atoms with van der Waals surface area (Å²) in [5.41, 5.74) is 2.11. The maximum atomic E-state index is 13.3. The molecule has 2 aromatic carbocycles. The summed E-state index contributed by atoms with van der Waals surface area (Å²) in [6.45, 7) is 7.12. The van der Waals surface area contributed by atoms with Crippen molar-refractivity contribution in [1.29, 1.82) is 0 Å². The number of rotatable bonds is 7. The molecule has 0 saturated carbocycles. The zero-order valence-electron chi connectivity index (χ0n) is 14.9. The van der Waals surface area contributed by atoms with Gasteiger partial charge in [-0.15, -0.1) is 0 Å². The fourth-order valence-corrected chi connectivity index (χ4v) is 4.55. The minimum Gasteiger partial charge on any atom is -0.372 e. The van der Waals surface area contributed by atoms with Crippen LogP contribution in [0.5, 0.6) is 0 Å². The Balaban J connectivity index is 1.93. The van der Waals surface area contributed by atoms with E-state index in [-0.39, 0.29) is 12.1 Å². The van der Waals surface area contributed by atoms with Gasteiger partial charge in [0, 0.05) is 12.6 Å². The van der Waals surface area contributed by atoms with E-state index in [2.05, 4.69) is 13.8 Å². The topological polar surface area (TPSA) is 49.9 Å². The van der Waals surface area contributed by atoms with E-state index in [0.29, 0.717) is 24.0 Å². The number of nitrogens with zero attached hydrogens (tertiary/aromatic N) is 1. The predicted molar refractivity (Wildman–Crippen MR) is 99.0 cm³/mol. The number of benzene rings is 2. The lowest BCUT2D eigenvalue weighted by Crippen LogP contribution is -2.36. The highest BCUT2D eigenvalue weighted by atomic mass is 32.2. The van der Waals surface area contributed by atoms with Crippen LogP contribution in [0.25, 0.3) is 0 Å². The summed E-state index contributed by atoms with van der Waals surface area (Å²) < 4.78 is 33.4. The Bertz CT molecular complexity index is 797. The summed E-state index contributed by atoms with van der Waals surface area (Å²) in [5, 5.41) is 0. The number of hydrogen-bond donors (Lipinski definition) is 0. The second kappa shape index (κ2) is 7.28. The molecule has 1 saturated heterocycles. The minimum absolute atomic E-state index is 0.00382. The van der Waals surface area contributed by atoms with Gasteiger partial charge in [-0.05, 0) is 36.1 Å². The molecule has 0 aromatic heterocycles. The van der Waals surface area contributed by atoms with Gasteiger partial charge in [0.2, 0.25) is 10.0 Å². The Morgan fingerprint density at radius 1 is 1.00 bits per heavy atom. The fraction of sp³-hybridized carbons (Fsp3) is 0.400. The summed E-state index contributed by atoms with van der Waals surface area (Å²) in [6.07, 6.45) is -0.00382. The Kier molecular flexibility index (Phi) is 5.27. The van der Waals surface area contributed by atoms with Crippen molar-refractivity contribution in [2.24, 2.45) is 0 Å². The molecule has 0 spiro atoms. The number of hydrogen-bond acceptors (Lipinski definition) is 3. The second-order valence-corrected chi connectivity index (χ2v) is 8.73. The van der Waals surface area contributed by atoms with Crippen molar-refractivity contribution >= 4 is 10.0 Å². The van der Waals surface area contributed by atoms with Gasteiger partial charge in [-0.2, -0.15) is 4.31 Å². The molecule has 5 heteroatoms. The van der Waals surface area contributed by atoms with Crippen LogP contribution in [-0.2, 0) is 14.8 Å². The van der Waals surface area contributed by atoms with Crippen LogP contribution in [0.1, 0.15) is 43.9 Å². The summed E-state index contributed by atoms with van der Waals surface area (Å²) in [7, 11) is -3.59. The molecule has 0 bridgehead atoms. The first-order chi connectivity index (χ1) is 11.9. The summed E-state index contributed by atoms with van der Waals surface area (Å²) in [5.74, 6) is 0.371. The fourth-order valence-electron chi connectivity index (χ4n) is 2.90. The van der Waals surface area contributed by atoms with Gasteiger partial charge in [-0.3, -0.25) is 0 Å². The first-order valence-corrected chi connectivity index (χ1v) is 10.1. The van der Waals surface area contributed by atoms with Crippen LogP contribution >= 0.6 is 0 Å². The van der Waals surface area contributed by atoms with E-state index in [9.17, 15) is 8.42 Å². The maximum Gasteiger partial charge on any atom is 0.243 e. The van der Waals surface area contributed by atoms with Crippen molar-refractivity contribution in [3.8, 4) is 0 Å². The van der Waals surface area contributed by atoms with E-state index in [1.807, 2.05) is 49.4 Å². The van der Waals surface area contributed by atoms with E-state index >= 15 is 0 Å². The molecular weight excluding hydrogens is 334 g/mol. The molecule has 25 heavy (non-hydrogen) atoms. The molecule has 2 aromatic rings. The third kappa shape index (κ3) is 4.11. The van der Waals surface area contributed by atoms with E-state index in [0.717, 1.165) is 11.1 Å². The van der Waals surface area contributed by atoms with Crippen molar-refractivity contribution in [2.45, 2.75) is 43.7 Å². The molecule has 1 heterocycles. The zero-order valence-corrected chi connectivity index (χ0v) is 15.7. The predicted octanol–water partition coefficient (Wildman–Crippen LogP) is 3.96. The highest BCUT2D eigenvalue weighted by molar-refractivity contribution is 7.89. The van der Waals surface area contributed by atoms with Crippen LogP contribution in [0.3, 0.4) is 0 Å². The molecule has 4 nitrogen and oxygen atoms in total. The molecule has 2 atom stereocenters. The average Bonchev–Trinajstić information content (AvgIpc) is 3.44. The molecule has 0 radical (unpaired) electrons. The Morgan fingerprint density at radius 2 is 1.60 bits per heavy atom. The molecule has 2 unspecified atom stereocenters. The van der Waals surface area contributed by atoms with E-state index in [1.54, 1.807) is 16.4 Å². The van der Waals surface area contributed by atoms with Crippen LogP contribution < -0.4 is 0 Å². The van der Waals surface area contributed by atoms with Crippen molar-refractivity contribution in [3.05, 3.63) is 65.7 Å². The quantitative estimate of drug-likeness (QED) is 0.703. The van der Waals surface area contributed by atoms with Crippen molar-refractivity contribution in [3.63, 3.8) is 0 Å². The molecule has 0 N–H and O–H groups in total. The molecular formula is C20H25NO3S. The third-order valence-electron chi connectivity index (χ3n) is 4.65. The van der Waals surface area contributed by atoms with Gasteiger partial charge in [0.25, 0.3) is 0 Å². The largest absolute Gasteiger partial charge is 0.372 e. The lowest BCUT2D eigenvalue weighted by Gasteiger charge is -2.28. The zero-order chi connectivity index (χ0) is 18.0. The summed E-state index contributed by atoms with van der Waals surface area (Å²) in [4.78, 5) is 0.334. The molecule has 0 amide bonds. The van der Waals surface area contributed by atoms with Crippen molar-refractivity contribution in [2.75, 3.05) is 13.2 Å². The monoisotopic (exact) mass is 359 g/mol. The molecule has 3 rings (SSSR count). The molecule has 1 aliphatic heterocycles. The standard InChI is InChI=1S/C20H25NO3S/c1-15(2)17-9-11-20(12-10-17)25(22,23)21(13-19-14-24-19)16(3)18-7-5-4-6-8-18/h4-12,15-16,19H,13-14H2,1-3H3.